The quantitative estimate of drug-likeness (QED) is 0.661. The predicted molar refractivity (Wildman–Crippen MR) is 81.8 cm³/mol. The fourth-order valence-corrected chi connectivity index (χ4v) is 3.30. The molecule has 0 aliphatic carbocycles. The average molecular weight is 296 g/mol. The number of nitrogens with zero attached hydrogens (tertiary/aromatic N) is 3. The van der Waals surface area contributed by atoms with E-state index in [1.54, 1.807) is 18.0 Å². The molecule has 1 amide bonds. The molecule has 2 rings (SSSR count). The molecule has 1 aromatic rings. The molecule has 1 fully saturated rings. The molecular weight excluding hydrogens is 272 g/mol. The Bertz CT molecular complexity index is 435. The number of hydrogen-bond acceptors (Lipinski definition) is 4. The highest BCUT2D eigenvalue weighted by Crippen LogP contribution is 2.16. The normalized spacial score (nSPS) is 20.6. The number of rotatable bonds is 5. The molecule has 5 nitrogen and oxygen atoms in total. The first-order chi connectivity index (χ1) is 9.68. The summed E-state index contributed by atoms with van der Waals surface area (Å²) in [4.78, 5) is 18.6. The smallest absolute Gasteiger partial charge is 0.237 e. The van der Waals surface area contributed by atoms with Gasteiger partial charge in [0, 0.05) is 31.7 Å². The Hall–Kier alpha value is -1.01. The number of likely N-dealkylation sites (N-methyl/N-ethyl adjacent to an activating group) is 1. The molecule has 1 atom stereocenters. The van der Waals surface area contributed by atoms with E-state index < -0.39 is 0 Å². The molecular formula is C14H24N4OS. The van der Waals surface area contributed by atoms with Gasteiger partial charge >= 0.3 is 0 Å². The van der Waals surface area contributed by atoms with Crippen LogP contribution in [0.5, 0.6) is 0 Å². The molecule has 2 heterocycles. The van der Waals surface area contributed by atoms with Crippen molar-refractivity contribution in [3.8, 4) is 0 Å². The van der Waals surface area contributed by atoms with E-state index in [9.17, 15) is 4.79 Å². The lowest BCUT2D eigenvalue weighted by Gasteiger charge is -2.24. The molecule has 1 saturated heterocycles. The van der Waals surface area contributed by atoms with Gasteiger partial charge in [0.25, 0.3) is 0 Å². The van der Waals surface area contributed by atoms with Crippen LogP contribution in [0.3, 0.4) is 0 Å². The Morgan fingerprint density at radius 3 is 3.05 bits per heavy atom. The summed E-state index contributed by atoms with van der Waals surface area (Å²) in [6, 6.07) is 0.0515. The van der Waals surface area contributed by atoms with Gasteiger partial charge in [-0.2, -0.15) is 0 Å². The van der Waals surface area contributed by atoms with Crippen LogP contribution >= 0.6 is 11.8 Å². The van der Waals surface area contributed by atoms with Crippen LogP contribution in [0.2, 0.25) is 0 Å². The molecule has 20 heavy (non-hydrogen) atoms. The molecule has 0 unspecified atom stereocenters. The topological polar surface area (TPSA) is 50.2 Å². The highest BCUT2D eigenvalue weighted by molar-refractivity contribution is 7.99. The lowest BCUT2D eigenvalue weighted by molar-refractivity contribution is -0.125. The fourth-order valence-electron chi connectivity index (χ4n) is 2.51. The molecule has 0 aromatic carbocycles. The highest BCUT2D eigenvalue weighted by Gasteiger charge is 2.24. The van der Waals surface area contributed by atoms with Crippen molar-refractivity contribution in [3.63, 3.8) is 0 Å². The average Bonchev–Trinajstić information content (AvgIpc) is 2.70. The summed E-state index contributed by atoms with van der Waals surface area (Å²) in [6.45, 7) is 1.72. The van der Waals surface area contributed by atoms with Gasteiger partial charge in [-0.3, -0.25) is 9.69 Å². The molecule has 1 aromatic heterocycles. The first-order valence-electron chi connectivity index (χ1n) is 7.26. The van der Waals surface area contributed by atoms with Gasteiger partial charge in [-0.1, -0.05) is 24.6 Å². The number of hydrogen-bond donors (Lipinski definition) is 1. The van der Waals surface area contributed by atoms with E-state index in [0.29, 0.717) is 6.54 Å². The predicted octanol–water partition coefficient (Wildman–Crippen LogP) is 1.50. The second-order valence-electron chi connectivity index (χ2n) is 5.31. The van der Waals surface area contributed by atoms with E-state index in [1.165, 1.54) is 12.8 Å². The number of carbonyl (C=O) groups excluding carboxylic acids is 1. The molecule has 0 saturated carbocycles. The SMILES string of the molecule is CN1CCCCC[C@H]1C(=O)NCCSc1nccn1C. The summed E-state index contributed by atoms with van der Waals surface area (Å²) < 4.78 is 1.99. The summed E-state index contributed by atoms with van der Waals surface area (Å²) in [5.41, 5.74) is 0. The van der Waals surface area contributed by atoms with E-state index in [-0.39, 0.29) is 11.9 Å². The molecule has 0 radical (unpaired) electrons. The summed E-state index contributed by atoms with van der Waals surface area (Å²) >= 11 is 1.67. The lowest BCUT2D eigenvalue weighted by atomic mass is 10.1. The number of carbonyl (C=O) groups is 1. The van der Waals surface area contributed by atoms with Crippen LogP contribution in [0.1, 0.15) is 25.7 Å². The lowest BCUT2D eigenvalue weighted by Crippen LogP contribution is -2.45. The molecule has 1 aliphatic heterocycles. The number of thioether (sulfide) groups is 1. The molecule has 1 N–H and O–H groups in total. The van der Waals surface area contributed by atoms with Gasteiger partial charge in [0.1, 0.15) is 0 Å². The highest BCUT2D eigenvalue weighted by atomic mass is 32.2. The van der Waals surface area contributed by atoms with Crippen LogP contribution in [0.4, 0.5) is 0 Å². The first-order valence-corrected chi connectivity index (χ1v) is 8.25. The van der Waals surface area contributed by atoms with Crippen LogP contribution in [0.25, 0.3) is 0 Å². The van der Waals surface area contributed by atoms with Crippen molar-refractivity contribution in [2.75, 3.05) is 25.9 Å². The third-order valence-corrected chi connectivity index (χ3v) is 4.79. The summed E-state index contributed by atoms with van der Waals surface area (Å²) in [5.74, 6) is 1.03. The number of aromatic nitrogens is 2. The number of likely N-dealkylation sites (tertiary alicyclic amines) is 1. The van der Waals surface area contributed by atoms with Gasteiger partial charge in [-0.15, -0.1) is 0 Å². The van der Waals surface area contributed by atoms with Crippen molar-refractivity contribution < 1.29 is 4.79 Å². The van der Waals surface area contributed by atoms with Crippen LogP contribution in [-0.4, -0.2) is 52.3 Å². The minimum atomic E-state index is 0.0515. The summed E-state index contributed by atoms with van der Waals surface area (Å²) in [7, 11) is 4.03. The van der Waals surface area contributed by atoms with E-state index in [0.717, 1.165) is 30.3 Å². The largest absolute Gasteiger partial charge is 0.354 e. The molecule has 112 valence electrons. The van der Waals surface area contributed by atoms with E-state index in [2.05, 4.69) is 22.2 Å². The monoisotopic (exact) mass is 296 g/mol. The minimum Gasteiger partial charge on any atom is -0.354 e. The second kappa shape index (κ2) is 7.69. The Kier molecular flexibility index (Phi) is 5.91. The van der Waals surface area contributed by atoms with Crippen LogP contribution in [-0.2, 0) is 11.8 Å². The Labute approximate surface area is 125 Å². The van der Waals surface area contributed by atoms with Gasteiger partial charge in [0.05, 0.1) is 6.04 Å². The number of aryl methyl sites for hydroxylation is 1. The summed E-state index contributed by atoms with van der Waals surface area (Å²) in [6.07, 6.45) is 8.31. The number of nitrogens with one attached hydrogen (secondary N) is 1. The maximum atomic E-state index is 12.2. The van der Waals surface area contributed by atoms with Crippen LogP contribution < -0.4 is 5.32 Å². The van der Waals surface area contributed by atoms with Crippen molar-refractivity contribution in [1.82, 2.24) is 19.8 Å². The Balaban J connectivity index is 1.70. The summed E-state index contributed by atoms with van der Waals surface area (Å²) in [5, 5.41) is 4.05. The minimum absolute atomic E-state index is 0.0515. The van der Waals surface area contributed by atoms with Crippen molar-refractivity contribution >= 4 is 17.7 Å². The zero-order valence-electron chi connectivity index (χ0n) is 12.3. The second-order valence-corrected chi connectivity index (χ2v) is 6.37. The van der Waals surface area contributed by atoms with Crippen LogP contribution in [0, 0.1) is 0 Å². The van der Waals surface area contributed by atoms with Crippen molar-refractivity contribution in [2.45, 2.75) is 36.9 Å². The Morgan fingerprint density at radius 1 is 1.45 bits per heavy atom. The number of amides is 1. The maximum absolute atomic E-state index is 12.2. The fraction of sp³-hybridized carbons (Fsp3) is 0.714. The van der Waals surface area contributed by atoms with E-state index >= 15 is 0 Å². The maximum Gasteiger partial charge on any atom is 0.237 e. The Morgan fingerprint density at radius 2 is 2.30 bits per heavy atom. The molecule has 0 spiro atoms. The van der Waals surface area contributed by atoms with Gasteiger partial charge < -0.3 is 9.88 Å². The van der Waals surface area contributed by atoms with Gasteiger partial charge in [-0.25, -0.2) is 4.98 Å². The van der Waals surface area contributed by atoms with Crippen molar-refractivity contribution in [3.05, 3.63) is 12.4 Å². The molecule has 1 aliphatic rings. The molecule has 6 heteroatoms. The molecule has 0 bridgehead atoms. The van der Waals surface area contributed by atoms with Gasteiger partial charge in [0.15, 0.2) is 5.16 Å². The van der Waals surface area contributed by atoms with Crippen molar-refractivity contribution in [1.29, 1.82) is 0 Å². The zero-order valence-corrected chi connectivity index (χ0v) is 13.2. The van der Waals surface area contributed by atoms with Crippen molar-refractivity contribution in [2.24, 2.45) is 7.05 Å². The zero-order chi connectivity index (χ0) is 14.4. The standard InChI is InChI=1S/C14H24N4OS/c1-17-9-5-3-4-6-12(17)13(19)15-8-11-20-14-16-7-10-18(14)2/h7,10,12H,3-6,8-9,11H2,1-2H3,(H,15,19)/t12-/m0/s1. The van der Waals surface area contributed by atoms with Gasteiger partial charge in [-0.05, 0) is 26.4 Å². The number of imidazole rings is 1. The third kappa shape index (κ3) is 4.24. The van der Waals surface area contributed by atoms with E-state index in [4.69, 9.17) is 0 Å². The van der Waals surface area contributed by atoms with Gasteiger partial charge in [0.2, 0.25) is 5.91 Å². The van der Waals surface area contributed by atoms with E-state index in [1.807, 2.05) is 17.8 Å². The first kappa shape index (κ1) is 15.4. The van der Waals surface area contributed by atoms with Crippen LogP contribution in [0.15, 0.2) is 17.6 Å². The third-order valence-electron chi connectivity index (χ3n) is 3.73.